The third-order valence-corrected chi connectivity index (χ3v) is 5.71. The van der Waals surface area contributed by atoms with Crippen LogP contribution in [-0.2, 0) is 9.53 Å². The Bertz CT molecular complexity index is 782. The van der Waals surface area contributed by atoms with Gasteiger partial charge in [-0.1, -0.05) is 18.2 Å². The number of amides is 2. The quantitative estimate of drug-likeness (QED) is 0.918. The normalized spacial score (nSPS) is 23.1. The average molecular weight is 355 g/mol. The summed E-state index contributed by atoms with van der Waals surface area (Å²) in [5.41, 5.74) is 1.65. The summed E-state index contributed by atoms with van der Waals surface area (Å²) in [7, 11) is 1.55. The summed E-state index contributed by atoms with van der Waals surface area (Å²) in [4.78, 5) is 32.4. The van der Waals surface area contributed by atoms with E-state index in [2.05, 4.69) is 4.98 Å². The lowest BCUT2D eigenvalue weighted by atomic mass is 9.83. The zero-order valence-electron chi connectivity index (χ0n) is 15.1. The van der Waals surface area contributed by atoms with Crippen molar-refractivity contribution in [3.05, 3.63) is 36.0 Å². The highest BCUT2D eigenvalue weighted by atomic mass is 16.5. The Balaban J connectivity index is 1.50. The summed E-state index contributed by atoms with van der Waals surface area (Å²) in [6, 6.07) is 10.1. The monoisotopic (exact) mass is 355 g/mol. The topological polar surface area (TPSA) is 65.6 Å². The van der Waals surface area contributed by atoms with Crippen LogP contribution in [0.15, 0.2) is 30.3 Å². The predicted molar refractivity (Wildman–Crippen MR) is 98.9 cm³/mol. The highest BCUT2D eigenvalue weighted by Gasteiger charge is 2.39. The van der Waals surface area contributed by atoms with Gasteiger partial charge in [-0.2, -0.15) is 0 Å². The second-order valence-electron chi connectivity index (χ2n) is 7.30. The lowest BCUT2D eigenvalue weighted by Crippen LogP contribution is -2.57. The SMILES string of the molecule is COCC(=O)N1CC[C@@H]2[C@@H](CCCN2C(=O)c2cc3ccccc3[nH]2)C1. The molecule has 2 fully saturated rings. The molecular formula is C20H25N3O3. The van der Waals surface area contributed by atoms with Crippen molar-refractivity contribution in [3.8, 4) is 0 Å². The molecule has 0 spiro atoms. The third-order valence-electron chi connectivity index (χ3n) is 5.71. The number of carbonyl (C=O) groups excluding carboxylic acids is 2. The number of hydrogen-bond donors (Lipinski definition) is 1. The largest absolute Gasteiger partial charge is 0.375 e. The maximum Gasteiger partial charge on any atom is 0.270 e. The Labute approximate surface area is 153 Å². The molecule has 0 bridgehead atoms. The zero-order chi connectivity index (χ0) is 18.1. The molecule has 138 valence electrons. The second-order valence-corrected chi connectivity index (χ2v) is 7.30. The van der Waals surface area contributed by atoms with Crippen LogP contribution in [0.2, 0.25) is 0 Å². The molecule has 6 heteroatoms. The van der Waals surface area contributed by atoms with Crippen molar-refractivity contribution in [2.75, 3.05) is 33.4 Å². The number of nitrogens with one attached hydrogen (secondary N) is 1. The number of nitrogens with zero attached hydrogens (tertiary/aromatic N) is 2. The lowest BCUT2D eigenvalue weighted by molar-refractivity contribution is -0.138. The number of fused-ring (bicyclic) bond motifs is 2. The fourth-order valence-corrected chi connectivity index (χ4v) is 4.44. The Morgan fingerprint density at radius 1 is 1.23 bits per heavy atom. The molecule has 0 saturated carbocycles. The minimum atomic E-state index is 0.0463. The standard InChI is InChI=1S/C20H25N3O3/c1-26-13-19(24)22-10-8-18-15(12-22)6-4-9-23(18)20(25)17-11-14-5-2-3-7-16(14)21-17/h2-3,5,7,11,15,18,21H,4,6,8-10,12-13H2,1H3/t15-,18+/m0/s1. The van der Waals surface area contributed by atoms with E-state index < -0.39 is 0 Å². The summed E-state index contributed by atoms with van der Waals surface area (Å²) in [6.45, 7) is 2.35. The van der Waals surface area contributed by atoms with Crippen LogP contribution in [0.4, 0.5) is 0 Å². The first-order chi connectivity index (χ1) is 12.7. The predicted octanol–water partition coefficient (Wildman–Crippen LogP) is 2.27. The number of methoxy groups -OCH3 is 1. The Hall–Kier alpha value is -2.34. The molecule has 4 rings (SSSR count). The zero-order valence-corrected chi connectivity index (χ0v) is 15.1. The van der Waals surface area contributed by atoms with Crippen LogP contribution in [0.3, 0.4) is 0 Å². The van der Waals surface area contributed by atoms with E-state index in [0.29, 0.717) is 18.2 Å². The average Bonchev–Trinajstić information content (AvgIpc) is 3.11. The molecule has 2 saturated heterocycles. The summed E-state index contributed by atoms with van der Waals surface area (Å²) in [6.07, 6.45) is 2.89. The minimum absolute atomic E-state index is 0.0463. The van der Waals surface area contributed by atoms with Gasteiger partial charge in [0.25, 0.3) is 5.91 Å². The van der Waals surface area contributed by atoms with Crippen LogP contribution in [-0.4, -0.2) is 66.0 Å². The van der Waals surface area contributed by atoms with Gasteiger partial charge in [0.05, 0.1) is 0 Å². The van der Waals surface area contributed by atoms with Crippen molar-refractivity contribution in [1.82, 2.24) is 14.8 Å². The van der Waals surface area contributed by atoms with Gasteiger partial charge >= 0.3 is 0 Å². The Kier molecular flexibility index (Phi) is 4.68. The molecule has 2 aromatic rings. The van der Waals surface area contributed by atoms with E-state index in [1.807, 2.05) is 40.1 Å². The summed E-state index contributed by atoms with van der Waals surface area (Å²) in [5.74, 6) is 0.476. The second kappa shape index (κ2) is 7.11. The molecule has 2 aliphatic heterocycles. The van der Waals surface area contributed by atoms with Crippen LogP contribution in [0.5, 0.6) is 0 Å². The van der Waals surface area contributed by atoms with Crippen LogP contribution in [0.25, 0.3) is 10.9 Å². The van der Waals surface area contributed by atoms with Gasteiger partial charge in [-0.15, -0.1) is 0 Å². The number of carbonyl (C=O) groups is 2. The molecule has 6 nitrogen and oxygen atoms in total. The number of aromatic amines is 1. The number of piperidine rings is 2. The highest BCUT2D eigenvalue weighted by molar-refractivity contribution is 5.98. The number of aromatic nitrogens is 1. The van der Waals surface area contributed by atoms with Crippen molar-refractivity contribution in [3.63, 3.8) is 0 Å². The molecule has 0 aliphatic carbocycles. The van der Waals surface area contributed by atoms with Crippen molar-refractivity contribution in [2.45, 2.75) is 25.3 Å². The molecule has 2 amide bonds. The molecular weight excluding hydrogens is 330 g/mol. The number of para-hydroxylation sites is 1. The first kappa shape index (κ1) is 17.1. The van der Waals surface area contributed by atoms with Gasteiger partial charge in [-0.3, -0.25) is 9.59 Å². The van der Waals surface area contributed by atoms with Gasteiger partial charge in [0.1, 0.15) is 12.3 Å². The van der Waals surface area contributed by atoms with Crippen molar-refractivity contribution in [1.29, 1.82) is 0 Å². The smallest absolute Gasteiger partial charge is 0.270 e. The molecule has 1 N–H and O–H groups in total. The molecule has 2 aliphatic rings. The fourth-order valence-electron chi connectivity index (χ4n) is 4.44. The van der Waals surface area contributed by atoms with E-state index in [1.165, 1.54) is 0 Å². The number of benzene rings is 1. The van der Waals surface area contributed by atoms with Crippen molar-refractivity contribution in [2.24, 2.45) is 5.92 Å². The molecule has 0 radical (unpaired) electrons. The van der Waals surface area contributed by atoms with Gasteiger partial charge in [0.2, 0.25) is 5.91 Å². The molecule has 1 aromatic carbocycles. The molecule has 1 aromatic heterocycles. The number of hydrogen-bond acceptors (Lipinski definition) is 3. The first-order valence-corrected chi connectivity index (χ1v) is 9.33. The maximum absolute atomic E-state index is 13.1. The Morgan fingerprint density at radius 2 is 2.08 bits per heavy atom. The summed E-state index contributed by atoms with van der Waals surface area (Å²) >= 11 is 0. The van der Waals surface area contributed by atoms with E-state index in [-0.39, 0.29) is 24.5 Å². The Morgan fingerprint density at radius 3 is 2.88 bits per heavy atom. The first-order valence-electron chi connectivity index (χ1n) is 9.33. The van der Waals surface area contributed by atoms with Crippen molar-refractivity contribution >= 4 is 22.7 Å². The summed E-state index contributed by atoms with van der Waals surface area (Å²) < 4.78 is 4.98. The maximum atomic E-state index is 13.1. The number of H-pyrrole nitrogens is 1. The van der Waals surface area contributed by atoms with Gasteiger partial charge in [-0.05, 0) is 37.3 Å². The highest BCUT2D eigenvalue weighted by Crippen LogP contribution is 2.32. The van der Waals surface area contributed by atoms with Gasteiger partial charge < -0.3 is 19.5 Å². The lowest BCUT2D eigenvalue weighted by Gasteiger charge is -2.47. The van der Waals surface area contributed by atoms with Gasteiger partial charge in [-0.25, -0.2) is 0 Å². The van der Waals surface area contributed by atoms with Crippen molar-refractivity contribution < 1.29 is 14.3 Å². The fraction of sp³-hybridized carbons (Fsp3) is 0.500. The van der Waals surface area contributed by atoms with Crippen LogP contribution >= 0.6 is 0 Å². The van der Waals surface area contributed by atoms with E-state index in [1.54, 1.807) is 7.11 Å². The van der Waals surface area contributed by atoms with Crippen LogP contribution < -0.4 is 0 Å². The number of rotatable bonds is 3. The van der Waals surface area contributed by atoms with E-state index >= 15 is 0 Å². The molecule has 2 atom stereocenters. The molecule has 0 unspecified atom stereocenters. The van der Waals surface area contributed by atoms with E-state index in [0.717, 1.165) is 43.3 Å². The number of ether oxygens (including phenoxy) is 1. The third kappa shape index (κ3) is 3.09. The van der Waals surface area contributed by atoms with E-state index in [9.17, 15) is 9.59 Å². The van der Waals surface area contributed by atoms with E-state index in [4.69, 9.17) is 4.74 Å². The van der Waals surface area contributed by atoms with Crippen LogP contribution in [0.1, 0.15) is 29.8 Å². The molecule has 3 heterocycles. The van der Waals surface area contributed by atoms with Gasteiger partial charge in [0.15, 0.2) is 0 Å². The number of likely N-dealkylation sites (tertiary alicyclic amines) is 2. The van der Waals surface area contributed by atoms with Crippen LogP contribution in [0, 0.1) is 5.92 Å². The summed E-state index contributed by atoms with van der Waals surface area (Å²) in [5, 5.41) is 1.06. The molecule has 26 heavy (non-hydrogen) atoms. The minimum Gasteiger partial charge on any atom is -0.375 e. The van der Waals surface area contributed by atoms with Gasteiger partial charge in [0, 0.05) is 43.7 Å².